The van der Waals surface area contributed by atoms with E-state index in [-0.39, 0.29) is 37.0 Å². The van der Waals surface area contributed by atoms with Crippen molar-refractivity contribution in [2.45, 2.75) is 46.1 Å². The lowest BCUT2D eigenvalue weighted by molar-refractivity contribution is -0.121. The molecule has 0 unspecified atom stereocenters. The second kappa shape index (κ2) is 10.0. The number of anilines is 1. The minimum absolute atomic E-state index is 0.0162. The van der Waals surface area contributed by atoms with Crippen LogP contribution in [0.4, 0.5) is 14.5 Å². The molecule has 2 aromatic carbocycles. The molecule has 0 spiro atoms. The van der Waals surface area contributed by atoms with Gasteiger partial charge in [0.05, 0.1) is 18.0 Å². The highest BCUT2D eigenvalue weighted by atomic mass is 32.2. The average Bonchev–Trinajstić information content (AvgIpc) is 2.65. The first kappa shape index (κ1) is 23.8. The number of amides is 1. The maximum atomic E-state index is 13.5. The number of aryl methyl sites for hydroxylation is 2. The fourth-order valence-corrected chi connectivity index (χ4v) is 4.35. The number of nitrogens with zero attached hydrogens (tertiary/aromatic N) is 1. The maximum Gasteiger partial charge on any atom is 0.232 e. The quantitative estimate of drug-likeness (QED) is 0.631. The molecule has 0 heterocycles. The molecule has 0 aromatic heterocycles. The lowest BCUT2D eigenvalue weighted by atomic mass is 9.97. The Morgan fingerprint density at radius 3 is 2.37 bits per heavy atom. The molecule has 0 fully saturated rings. The van der Waals surface area contributed by atoms with E-state index in [9.17, 15) is 22.0 Å². The lowest BCUT2D eigenvalue weighted by Gasteiger charge is -2.23. The smallest absolute Gasteiger partial charge is 0.232 e. The number of carbonyl (C=O) groups is 1. The van der Waals surface area contributed by atoms with Gasteiger partial charge in [-0.1, -0.05) is 30.7 Å². The third-order valence-corrected chi connectivity index (χ3v) is 6.09. The summed E-state index contributed by atoms with van der Waals surface area (Å²) in [4.78, 5) is 12.4. The minimum atomic E-state index is -3.71. The van der Waals surface area contributed by atoms with Crippen molar-refractivity contribution in [1.82, 2.24) is 5.32 Å². The molecule has 0 aliphatic carbocycles. The molecule has 2 aromatic rings. The molecule has 1 N–H and O–H groups in total. The molecular weight excluding hydrogens is 410 g/mol. The van der Waals surface area contributed by atoms with E-state index in [1.165, 1.54) is 6.07 Å². The van der Waals surface area contributed by atoms with Crippen LogP contribution in [0.2, 0.25) is 0 Å². The van der Waals surface area contributed by atoms with Crippen molar-refractivity contribution in [2.75, 3.05) is 17.1 Å². The number of hydrogen-bond acceptors (Lipinski definition) is 3. The molecule has 1 atom stereocenters. The lowest BCUT2D eigenvalue weighted by Crippen LogP contribution is -2.33. The molecular formula is C22H28F2N2O3S. The fourth-order valence-electron chi connectivity index (χ4n) is 3.39. The number of nitrogens with one attached hydrogen (secondary N) is 1. The first-order valence-corrected chi connectivity index (χ1v) is 11.7. The molecule has 0 radical (unpaired) electrons. The van der Waals surface area contributed by atoms with Crippen molar-refractivity contribution < 1.29 is 22.0 Å². The predicted molar refractivity (Wildman–Crippen MR) is 115 cm³/mol. The Bertz CT molecular complexity index is 1010. The Morgan fingerprint density at radius 2 is 1.80 bits per heavy atom. The zero-order valence-electron chi connectivity index (χ0n) is 17.7. The molecule has 0 bridgehead atoms. The van der Waals surface area contributed by atoms with Gasteiger partial charge in [0, 0.05) is 19.0 Å². The van der Waals surface area contributed by atoms with E-state index >= 15 is 0 Å². The minimum Gasteiger partial charge on any atom is -0.349 e. The molecule has 2 rings (SSSR count). The molecule has 30 heavy (non-hydrogen) atoms. The normalized spacial score (nSPS) is 12.5. The van der Waals surface area contributed by atoms with Gasteiger partial charge in [-0.15, -0.1) is 0 Å². The Labute approximate surface area is 177 Å². The van der Waals surface area contributed by atoms with Crippen LogP contribution in [0.5, 0.6) is 0 Å². The van der Waals surface area contributed by atoms with Crippen LogP contribution in [0.25, 0.3) is 0 Å². The monoisotopic (exact) mass is 438 g/mol. The third kappa shape index (κ3) is 6.26. The fraction of sp³-hybridized carbons (Fsp3) is 0.409. The largest absolute Gasteiger partial charge is 0.349 e. The van der Waals surface area contributed by atoms with E-state index < -0.39 is 21.7 Å². The molecule has 0 aliphatic rings. The summed E-state index contributed by atoms with van der Waals surface area (Å²) < 4.78 is 51.8. The van der Waals surface area contributed by atoms with Gasteiger partial charge in [-0.3, -0.25) is 9.10 Å². The number of carbonyl (C=O) groups excluding carboxylic acids is 1. The van der Waals surface area contributed by atoms with Gasteiger partial charge in [0.1, 0.15) is 0 Å². The zero-order chi connectivity index (χ0) is 22.5. The van der Waals surface area contributed by atoms with E-state index in [0.717, 1.165) is 45.8 Å². The second-order valence-electron chi connectivity index (χ2n) is 7.43. The van der Waals surface area contributed by atoms with Gasteiger partial charge in [0.15, 0.2) is 11.6 Å². The maximum absolute atomic E-state index is 13.5. The van der Waals surface area contributed by atoms with Crippen molar-refractivity contribution in [2.24, 2.45) is 0 Å². The Hall–Kier alpha value is -2.48. The van der Waals surface area contributed by atoms with Crippen LogP contribution in [0.15, 0.2) is 36.4 Å². The van der Waals surface area contributed by atoms with E-state index in [4.69, 9.17) is 0 Å². The number of halogens is 2. The topological polar surface area (TPSA) is 66.5 Å². The Kier molecular flexibility index (Phi) is 7.95. The number of rotatable bonds is 9. The van der Waals surface area contributed by atoms with E-state index in [1.807, 2.05) is 32.9 Å². The van der Waals surface area contributed by atoms with Gasteiger partial charge in [-0.2, -0.15) is 0 Å². The van der Waals surface area contributed by atoms with Crippen LogP contribution in [0.1, 0.15) is 48.9 Å². The summed E-state index contributed by atoms with van der Waals surface area (Å²) in [5.74, 6) is -2.37. The van der Waals surface area contributed by atoms with Crippen molar-refractivity contribution in [3.8, 4) is 0 Å². The molecule has 8 heteroatoms. The van der Waals surface area contributed by atoms with Crippen LogP contribution >= 0.6 is 0 Å². The summed E-state index contributed by atoms with van der Waals surface area (Å²) in [5.41, 5.74) is 3.33. The predicted octanol–water partition coefficient (Wildman–Crippen LogP) is 4.40. The molecule has 1 amide bonds. The number of sulfonamides is 1. The summed E-state index contributed by atoms with van der Waals surface area (Å²) >= 11 is 0. The van der Waals surface area contributed by atoms with Gasteiger partial charge in [-0.05, 0) is 49.9 Å². The second-order valence-corrected chi connectivity index (χ2v) is 9.33. The third-order valence-electron chi connectivity index (χ3n) is 4.90. The highest BCUT2D eigenvalue weighted by Gasteiger charge is 2.20. The van der Waals surface area contributed by atoms with Crippen LogP contribution < -0.4 is 9.62 Å². The van der Waals surface area contributed by atoms with Crippen LogP contribution in [0.3, 0.4) is 0 Å². The van der Waals surface area contributed by atoms with Crippen molar-refractivity contribution >= 4 is 21.6 Å². The molecule has 0 saturated heterocycles. The van der Waals surface area contributed by atoms with Crippen molar-refractivity contribution in [3.05, 3.63) is 64.7 Å². The summed E-state index contributed by atoms with van der Waals surface area (Å²) in [5, 5.41) is 3.00. The first-order valence-electron chi connectivity index (χ1n) is 9.82. The number of benzene rings is 2. The van der Waals surface area contributed by atoms with Crippen molar-refractivity contribution in [3.63, 3.8) is 0 Å². The van der Waals surface area contributed by atoms with Gasteiger partial charge < -0.3 is 5.32 Å². The molecule has 0 aliphatic heterocycles. The van der Waals surface area contributed by atoms with Gasteiger partial charge in [-0.25, -0.2) is 17.2 Å². The highest BCUT2D eigenvalue weighted by Crippen LogP contribution is 2.23. The summed E-state index contributed by atoms with van der Waals surface area (Å²) in [7, 11) is -3.71. The highest BCUT2D eigenvalue weighted by molar-refractivity contribution is 7.92. The van der Waals surface area contributed by atoms with E-state index in [1.54, 1.807) is 0 Å². The van der Waals surface area contributed by atoms with Gasteiger partial charge in [0.2, 0.25) is 15.9 Å². The van der Waals surface area contributed by atoms with Crippen LogP contribution in [-0.4, -0.2) is 27.1 Å². The average molecular weight is 439 g/mol. The van der Waals surface area contributed by atoms with Gasteiger partial charge >= 0.3 is 0 Å². The first-order chi connectivity index (χ1) is 14.0. The zero-order valence-corrected chi connectivity index (χ0v) is 18.5. The van der Waals surface area contributed by atoms with Crippen LogP contribution in [0, 0.1) is 25.5 Å². The summed E-state index contributed by atoms with van der Waals surface area (Å²) in [6.07, 6.45) is 2.06. The Balaban J connectivity index is 2.02. The van der Waals surface area contributed by atoms with Gasteiger partial charge in [0.25, 0.3) is 0 Å². The summed E-state index contributed by atoms with van der Waals surface area (Å²) in [6.45, 7) is 5.98. The summed E-state index contributed by atoms with van der Waals surface area (Å²) in [6, 6.07) is 8.87. The molecule has 5 nitrogen and oxygen atoms in total. The number of hydrogen-bond donors (Lipinski definition) is 1. The van der Waals surface area contributed by atoms with E-state index in [0.29, 0.717) is 0 Å². The Morgan fingerprint density at radius 1 is 1.10 bits per heavy atom. The standard InChI is InChI=1S/C22H28F2N2O3S/c1-5-21(18-10-8-15(2)13-16(18)3)25-22(27)7-6-12-26(30(4,28)29)17-9-11-19(23)20(24)14-17/h8-11,13-14,21H,5-7,12H2,1-4H3,(H,25,27)/t21-/m1/s1. The SMILES string of the molecule is CC[C@@H](NC(=O)CCCN(c1ccc(F)c(F)c1)S(C)(=O)=O)c1ccc(C)cc1C. The van der Waals surface area contributed by atoms with Crippen LogP contribution in [-0.2, 0) is 14.8 Å². The van der Waals surface area contributed by atoms with E-state index in [2.05, 4.69) is 11.4 Å². The molecule has 0 saturated carbocycles. The molecule has 164 valence electrons. The van der Waals surface area contributed by atoms with Crippen molar-refractivity contribution in [1.29, 1.82) is 0 Å².